The minimum atomic E-state index is -3.55. The number of carbonyl (C=O) groups excluding carboxylic acids is 1. The molecule has 2 aromatic carbocycles. The van der Waals surface area contributed by atoms with E-state index in [4.69, 9.17) is 0 Å². The number of nitro groups is 1. The maximum absolute atomic E-state index is 12.5. The van der Waals surface area contributed by atoms with E-state index in [1.807, 2.05) is 0 Å². The third-order valence-corrected chi connectivity index (χ3v) is 6.48. The molecule has 150 valence electrons. The number of amides is 1. The monoisotopic (exact) mass is 405 g/mol. The number of hydrogen-bond donors (Lipinski definition) is 1. The highest BCUT2D eigenvalue weighted by molar-refractivity contribution is 7.89. The molecule has 2 aromatic rings. The fourth-order valence-corrected chi connectivity index (χ4v) is 3.88. The lowest BCUT2D eigenvalue weighted by Gasteiger charge is -2.21. The highest BCUT2D eigenvalue weighted by atomic mass is 32.2. The van der Waals surface area contributed by atoms with Crippen LogP contribution >= 0.6 is 0 Å². The van der Waals surface area contributed by atoms with Gasteiger partial charge in [-0.1, -0.05) is 12.1 Å². The second-order valence-corrected chi connectivity index (χ2v) is 8.70. The van der Waals surface area contributed by atoms with Gasteiger partial charge in [-0.15, -0.1) is 0 Å². The molecule has 9 heteroatoms. The third kappa shape index (κ3) is 4.73. The van der Waals surface area contributed by atoms with E-state index in [0.29, 0.717) is 11.1 Å². The fraction of sp³-hybridized carbons (Fsp3) is 0.316. The van der Waals surface area contributed by atoms with E-state index in [1.165, 1.54) is 41.7 Å². The molecule has 0 aromatic heterocycles. The molecular formula is C19H23N3O5S. The predicted octanol–water partition coefficient (Wildman–Crippen LogP) is 2.86. The normalized spacial score (nSPS) is 11.6. The van der Waals surface area contributed by atoms with Crippen LogP contribution in [0.3, 0.4) is 0 Å². The molecule has 0 heterocycles. The quantitative estimate of drug-likeness (QED) is 0.563. The van der Waals surface area contributed by atoms with Gasteiger partial charge in [0.1, 0.15) is 0 Å². The number of nitrogens with one attached hydrogen (secondary N) is 1. The molecule has 0 aliphatic heterocycles. The van der Waals surface area contributed by atoms with Gasteiger partial charge in [0.05, 0.1) is 9.82 Å². The van der Waals surface area contributed by atoms with Crippen LogP contribution in [0.1, 0.15) is 35.3 Å². The summed E-state index contributed by atoms with van der Waals surface area (Å²) in [4.78, 5) is 22.8. The van der Waals surface area contributed by atoms with E-state index >= 15 is 0 Å². The topological polar surface area (TPSA) is 110 Å². The van der Waals surface area contributed by atoms with Gasteiger partial charge in [-0.25, -0.2) is 8.42 Å². The Bertz CT molecular complexity index is 985. The van der Waals surface area contributed by atoms with Crippen LogP contribution in [0.25, 0.3) is 0 Å². The van der Waals surface area contributed by atoms with E-state index < -0.39 is 14.9 Å². The molecule has 2 rings (SSSR count). The molecule has 0 saturated heterocycles. The standard InChI is InChI=1S/C19H23N3O5S/c1-13(2)21(4)28(26,27)17-8-5-15(6-9-17)12-20-19(23)16-7-10-18(22(24)25)14(3)11-16/h5-11,13H,12H2,1-4H3,(H,20,23). The molecule has 28 heavy (non-hydrogen) atoms. The van der Waals surface area contributed by atoms with Crippen molar-refractivity contribution in [2.75, 3.05) is 7.05 Å². The first-order valence-electron chi connectivity index (χ1n) is 8.64. The summed E-state index contributed by atoms with van der Waals surface area (Å²) >= 11 is 0. The second kappa shape index (κ2) is 8.49. The second-order valence-electron chi connectivity index (χ2n) is 6.70. The van der Waals surface area contributed by atoms with Crippen LogP contribution in [0.5, 0.6) is 0 Å². The van der Waals surface area contributed by atoms with Gasteiger partial charge >= 0.3 is 0 Å². The summed E-state index contributed by atoms with van der Waals surface area (Å²) in [6.45, 7) is 5.36. The summed E-state index contributed by atoms with van der Waals surface area (Å²) in [6, 6.07) is 10.3. The van der Waals surface area contributed by atoms with E-state index in [-0.39, 0.29) is 29.1 Å². The number of sulfonamides is 1. The average molecular weight is 405 g/mol. The molecule has 8 nitrogen and oxygen atoms in total. The summed E-state index contributed by atoms with van der Waals surface area (Å²) in [5.41, 5.74) is 1.42. The molecule has 0 radical (unpaired) electrons. The van der Waals surface area contributed by atoms with Gasteiger partial charge in [0.2, 0.25) is 10.0 Å². The van der Waals surface area contributed by atoms with Gasteiger partial charge in [-0.3, -0.25) is 14.9 Å². The van der Waals surface area contributed by atoms with Crippen LogP contribution in [0.4, 0.5) is 5.69 Å². The Kier molecular flexibility index (Phi) is 6.52. The minimum absolute atomic E-state index is 0.0419. The predicted molar refractivity (Wildman–Crippen MR) is 106 cm³/mol. The average Bonchev–Trinajstić information content (AvgIpc) is 2.65. The smallest absolute Gasteiger partial charge is 0.272 e. The van der Waals surface area contributed by atoms with Crippen LogP contribution < -0.4 is 5.32 Å². The highest BCUT2D eigenvalue weighted by Gasteiger charge is 2.22. The zero-order chi connectivity index (χ0) is 21.1. The van der Waals surface area contributed by atoms with Crippen molar-refractivity contribution >= 4 is 21.6 Å². The van der Waals surface area contributed by atoms with Crippen LogP contribution in [0.2, 0.25) is 0 Å². The largest absolute Gasteiger partial charge is 0.348 e. The lowest BCUT2D eigenvalue weighted by Crippen LogP contribution is -2.33. The zero-order valence-electron chi connectivity index (χ0n) is 16.2. The van der Waals surface area contributed by atoms with Crippen LogP contribution in [-0.4, -0.2) is 36.6 Å². The Morgan fingerprint density at radius 2 is 1.79 bits per heavy atom. The number of benzene rings is 2. The van der Waals surface area contributed by atoms with Crippen LogP contribution in [-0.2, 0) is 16.6 Å². The van der Waals surface area contributed by atoms with Crippen molar-refractivity contribution in [2.24, 2.45) is 0 Å². The zero-order valence-corrected chi connectivity index (χ0v) is 17.0. The molecule has 1 N–H and O–H groups in total. The Morgan fingerprint density at radius 1 is 1.18 bits per heavy atom. The van der Waals surface area contributed by atoms with Crippen molar-refractivity contribution in [1.29, 1.82) is 0 Å². The Morgan fingerprint density at radius 3 is 2.29 bits per heavy atom. The van der Waals surface area contributed by atoms with Gasteiger partial charge in [0, 0.05) is 36.8 Å². The van der Waals surface area contributed by atoms with Crippen molar-refractivity contribution < 1.29 is 18.1 Å². The molecule has 0 atom stereocenters. The minimum Gasteiger partial charge on any atom is -0.348 e. The molecular weight excluding hydrogens is 382 g/mol. The first kappa shape index (κ1) is 21.5. The number of nitrogens with zero attached hydrogens (tertiary/aromatic N) is 2. The molecule has 0 unspecified atom stereocenters. The number of hydrogen-bond acceptors (Lipinski definition) is 5. The number of nitro benzene ring substituents is 1. The van der Waals surface area contributed by atoms with Crippen molar-refractivity contribution in [3.8, 4) is 0 Å². The van der Waals surface area contributed by atoms with E-state index in [2.05, 4.69) is 5.32 Å². The molecule has 0 bridgehead atoms. The van der Waals surface area contributed by atoms with Crippen molar-refractivity contribution in [3.05, 3.63) is 69.3 Å². The Labute approximate surface area is 164 Å². The molecule has 0 fully saturated rings. The molecule has 0 aliphatic rings. The van der Waals surface area contributed by atoms with Crippen molar-refractivity contribution in [1.82, 2.24) is 9.62 Å². The lowest BCUT2D eigenvalue weighted by molar-refractivity contribution is -0.385. The highest BCUT2D eigenvalue weighted by Crippen LogP contribution is 2.19. The number of aryl methyl sites for hydroxylation is 1. The van der Waals surface area contributed by atoms with E-state index in [9.17, 15) is 23.3 Å². The maximum Gasteiger partial charge on any atom is 0.272 e. The first-order chi connectivity index (χ1) is 13.0. The van der Waals surface area contributed by atoms with E-state index in [1.54, 1.807) is 32.9 Å². The van der Waals surface area contributed by atoms with Crippen LogP contribution in [0, 0.1) is 17.0 Å². The lowest BCUT2D eigenvalue weighted by atomic mass is 10.1. The summed E-state index contributed by atoms with van der Waals surface area (Å²) < 4.78 is 26.2. The molecule has 0 saturated carbocycles. The maximum atomic E-state index is 12.5. The van der Waals surface area contributed by atoms with Gasteiger partial charge in [-0.2, -0.15) is 4.31 Å². The summed E-state index contributed by atoms with van der Waals surface area (Å²) in [5.74, 6) is -0.366. The fourth-order valence-electron chi connectivity index (χ4n) is 2.51. The Hall–Kier alpha value is -2.78. The summed E-state index contributed by atoms with van der Waals surface area (Å²) in [5, 5.41) is 13.6. The van der Waals surface area contributed by atoms with Crippen LogP contribution in [0.15, 0.2) is 47.4 Å². The van der Waals surface area contributed by atoms with E-state index in [0.717, 1.165) is 5.56 Å². The number of rotatable bonds is 7. The number of carbonyl (C=O) groups is 1. The molecule has 0 spiro atoms. The van der Waals surface area contributed by atoms with Crippen molar-refractivity contribution in [2.45, 2.75) is 38.3 Å². The summed E-state index contributed by atoms with van der Waals surface area (Å²) in [7, 11) is -2.03. The Balaban J connectivity index is 2.06. The van der Waals surface area contributed by atoms with Crippen molar-refractivity contribution in [3.63, 3.8) is 0 Å². The van der Waals surface area contributed by atoms with Gasteiger partial charge < -0.3 is 5.32 Å². The summed E-state index contributed by atoms with van der Waals surface area (Å²) in [6.07, 6.45) is 0. The van der Waals surface area contributed by atoms with Gasteiger partial charge in [0.15, 0.2) is 0 Å². The van der Waals surface area contributed by atoms with Gasteiger partial charge in [-0.05, 0) is 50.6 Å². The first-order valence-corrected chi connectivity index (χ1v) is 10.1. The van der Waals surface area contributed by atoms with Gasteiger partial charge in [0.25, 0.3) is 11.6 Å². The third-order valence-electron chi connectivity index (χ3n) is 4.44. The molecule has 0 aliphatic carbocycles. The molecule has 1 amide bonds. The SMILES string of the molecule is Cc1cc(C(=O)NCc2ccc(S(=O)(=O)N(C)C(C)C)cc2)ccc1[N+](=O)[O-].